The summed E-state index contributed by atoms with van der Waals surface area (Å²) in [6.07, 6.45) is 5.19. The number of benzene rings is 1. The minimum atomic E-state index is 0.766. The number of hydrogen-bond donors (Lipinski definition) is 2. The summed E-state index contributed by atoms with van der Waals surface area (Å²) in [5, 5.41) is 3.00. The summed E-state index contributed by atoms with van der Waals surface area (Å²) in [4.78, 5) is 0. The van der Waals surface area contributed by atoms with Crippen molar-refractivity contribution in [3.8, 4) is 0 Å². The standard InChI is InChI=1S/C12H14N2/c1-14-12(13)11-8-4-6-9-5-2-3-7-10(9)11/h2-7,14H,8,13H2,1H3/b12-11+. The van der Waals surface area contributed by atoms with E-state index >= 15 is 0 Å². The molecular formula is C12H14N2. The van der Waals surface area contributed by atoms with Gasteiger partial charge in [-0.2, -0.15) is 0 Å². The third kappa shape index (κ3) is 1.39. The van der Waals surface area contributed by atoms with Gasteiger partial charge in [0.1, 0.15) is 0 Å². The van der Waals surface area contributed by atoms with E-state index in [9.17, 15) is 0 Å². The van der Waals surface area contributed by atoms with Gasteiger partial charge >= 0.3 is 0 Å². The predicted molar refractivity (Wildman–Crippen MR) is 60.3 cm³/mol. The van der Waals surface area contributed by atoms with Crippen LogP contribution < -0.4 is 11.1 Å². The molecule has 0 spiro atoms. The molecule has 1 aliphatic rings. The molecule has 0 bridgehead atoms. The van der Waals surface area contributed by atoms with Gasteiger partial charge in [-0.05, 0) is 17.5 Å². The third-order valence-corrected chi connectivity index (χ3v) is 2.50. The minimum absolute atomic E-state index is 0.766. The first-order chi connectivity index (χ1) is 6.83. The summed E-state index contributed by atoms with van der Waals surface area (Å²) < 4.78 is 0. The molecule has 1 aromatic rings. The lowest BCUT2D eigenvalue weighted by molar-refractivity contribution is 0.959. The molecule has 1 aliphatic carbocycles. The number of hydrogen-bond acceptors (Lipinski definition) is 2. The molecule has 2 nitrogen and oxygen atoms in total. The average molecular weight is 186 g/mol. The van der Waals surface area contributed by atoms with Crippen molar-refractivity contribution < 1.29 is 0 Å². The molecule has 0 heterocycles. The van der Waals surface area contributed by atoms with E-state index < -0.39 is 0 Å². The van der Waals surface area contributed by atoms with E-state index in [1.165, 1.54) is 16.7 Å². The highest BCUT2D eigenvalue weighted by atomic mass is 15.0. The van der Waals surface area contributed by atoms with Crippen LogP contribution in [-0.2, 0) is 0 Å². The molecular weight excluding hydrogens is 172 g/mol. The van der Waals surface area contributed by atoms with Crippen LogP contribution in [0.1, 0.15) is 17.5 Å². The summed E-state index contributed by atoms with van der Waals surface area (Å²) in [5.41, 5.74) is 9.56. The van der Waals surface area contributed by atoms with Gasteiger partial charge in [0, 0.05) is 12.6 Å². The summed E-state index contributed by atoms with van der Waals surface area (Å²) >= 11 is 0. The van der Waals surface area contributed by atoms with Gasteiger partial charge in [0.15, 0.2) is 0 Å². The van der Waals surface area contributed by atoms with E-state index in [1.807, 2.05) is 19.2 Å². The SMILES string of the molecule is CN/C(N)=C1\CC=Cc2ccccc21. The summed E-state index contributed by atoms with van der Waals surface area (Å²) in [5.74, 6) is 0.766. The first kappa shape index (κ1) is 8.88. The Balaban J connectivity index is 2.56. The highest BCUT2D eigenvalue weighted by molar-refractivity contribution is 5.80. The van der Waals surface area contributed by atoms with E-state index in [0.717, 1.165) is 12.2 Å². The van der Waals surface area contributed by atoms with Crippen LogP contribution in [0.5, 0.6) is 0 Å². The molecule has 0 aromatic heterocycles. The molecule has 1 aromatic carbocycles. The molecule has 0 amide bonds. The van der Waals surface area contributed by atoms with Gasteiger partial charge < -0.3 is 11.1 Å². The van der Waals surface area contributed by atoms with Crippen LogP contribution in [0.3, 0.4) is 0 Å². The predicted octanol–water partition coefficient (Wildman–Crippen LogP) is 1.95. The van der Waals surface area contributed by atoms with Crippen molar-refractivity contribution in [1.82, 2.24) is 5.32 Å². The smallest absolute Gasteiger partial charge is 0.0999 e. The Hall–Kier alpha value is -1.70. The van der Waals surface area contributed by atoms with E-state index in [1.54, 1.807) is 0 Å². The van der Waals surface area contributed by atoms with Gasteiger partial charge in [-0.3, -0.25) is 0 Å². The third-order valence-electron chi connectivity index (χ3n) is 2.50. The molecule has 0 atom stereocenters. The lowest BCUT2D eigenvalue weighted by atomic mass is 9.92. The Morgan fingerprint density at radius 3 is 2.93 bits per heavy atom. The van der Waals surface area contributed by atoms with E-state index in [2.05, 4.69) is 29.6 Å². The van der Waals surface area contributed by atoms with E-state index in [0.29, 0.717) is 0 Å². The minimum Gasteiger partial charge on any atom is -0.385 e. The Labute approximate surface area is 84.1 Å². The molecule has 0 fully saturated rings. The van der Waals surface area contributed by atoms with Gasteiger partial charge in [-0.1, -0.05) is 36.4 Å². The van der Waals surface area contributed by atoms with Crippen LogP contribution in [0.2, 0.25) is 0 Å². The Kier molecular flexibility index (Phi) is 2.27. The van der Waals surface area contributed by atoms with Crippen LogP contribution in [0, 0.1) is 0 Å². The zero-order chi connectivity index (χ0) is 9.97. The average Bonchev–Trinajstić information content (AvgIpc) is 2.27. The van der Waals surface area contributed by atoms with Crippen molar-refractivity contribution in [3.63, 3.8) is 0 Å². The van der Waals surface area contributed by atoms with Crippen molar-refractivity contribution in [3.05, 3.63) is 47.3 Å². The van der Waals surface area contributed by atoms with Crippen LogP contribution in [0.25, 0.3) is 11.6 Å². The van der Waals surface area contributed by atoms with Crippen molar-refractivity contribution in [2.75, 3.05) is 7.05 Å². The van der Waals surface area contributed by atoms with Crippen LogP contribution in [0.4, 0.5) is 0 Å². The van der Waals surface area contributed by atoms with Crippen molar-refractivity contribution in [1.29, 1.82) is 0 Å². The molecule has 3 N–H and O–H groups in total. The maximum atomic E-state index is 5.90. The normalized spacial score (nSPS) is 17.5. The maximum absolute atomic E-state index is 5.90. The molecule has 0 unspecified atom stereocenters. The molecule has 0 radical (unpaired) electrons. The summed E-state index contributed by atoms with van der Waals surface area (Å²) in [6.45, 7) is 0. The number of allylic oxidation sites excluding steroid dienone is 2. The number of nitrogens with two attached hydrogens (primary N) is 1. The molecule has 0 aliphatic heterocycles. The topological polar surface area (TPSA) is 38.0 Å². The van der Waals surface area contributed by atoms with Gasteiger partial charge in [-0.15, -0.1) is 0 Å². The highest BCUT2D eigenvalue weighted by Crippen LogP contribution is 2.28. The Morgan fingerprint density at radius 2 is 2.14 bits per heavy atom. The molecule has 14 heavy (non-hydrogen) atoms. The zero-order valence-electron chi connectivity index (χ0n) is 8.25. The molecule has 0 saturated carbocycles. The second-order valence-electron chi connectivity index (χ2n) is 3.34. The van der Waals surface area contributed by atoms with Gasteiger partial charge in [-0.25, -0.2) is 0 Å². The molecule has 0 saturated heterocycles. The summed E-state index contributed by atoms with van der Waals surface area (Å²) in [7, 11) is 1.85. The number of rotatable bonds is 1. The lowest BCUT2D eigenvalue weighted by Gasteiger charge is -2.16. The number of fused-ring (bicyclic) bond motifs is 1. The molecule has 72 valence electrons. The van der Waals surface area contributed by atoms with Crippen molar-refractivity contribution in [2.24, 2.45) is 5.73 Å². The van der Waals surface area contributed by atoms with Crippen molar-refractivity contribution >= 4 is 11.6 Å². The highest BCUT2D eigenvalue weighted by Gasteiger charge is 2.11. The van der Waals surface area contributed by atoms with E-state index in [-0.39, 0.29) is 0 Å². The fraction of sp³-hybridized carbons (Fsp3) is 0.167. The maximum Gasteiger partial charge on any atom is 0.0999 e. The van der Waals surface area contributed by atoms with Crippen LogP contribution >= 0.6 is 0 Å². The Morgan fingerprint density at radius 1 is 1.36 bits per heavy atom. The van der Waals surface area contributed by atoms with Crippen LogP contribution in [-0.4, -0.2) is 7.05 Å². The van der Waals surface area contributed by atoms with Crippen molar-refractivity contribution in [2.45, 2.75) is 6.42 Å². The lowest BCUT2D eigenvalue weighted by Crippen LogP contribution is -2.17. The number of nitrogens with one attached hydrogen (secondary N) is 1. The zero-order valence-corrected chi connectivity index (χ0v) is 8.25. The summed E-state index contributed by atoms with van der Waals surface area (Å²) in [6, 6.07) is 8.30. The van der Waals surface area contributed by atoms with Crippen LogP contribution in [0.15, 0.2) is 36.2 Å². The van der Waals surface area contributed by atoms with Gasteiger partial charge in [0.05, 0.1) is 5.82 Å². The first-order valence-electron chi connectivity index (χ1n) is 4.75. The molecule has 2 heteroatoms. The monoisotopic (exact) mass is 186 g/mol. The second kappa shape index (κ2) is 3.58. The fourth-order valence-electron chi connectivity index (χ4n) is 1.74. The first-order valence-corrected chi connectivity index (χ1v) is 4.75. The fourth-order valence-corrected chi connectivity index (χ4v) is 1.74. The van der Waals surface area contributed by atoms with Gasteiger partial charge in [0.2, 0.25) is 0 Å². The van der Waals surface area contributed by atoms with E-state index in [4.69, 9.17) is 5.73 Å². The molecule has 2 rings (SSSR count). The quantitative estimate of drug-likeness (QED) is 0.703. The largest absolute Gasteiger partial charge is 0.385 e. The second-order valence-corrected chi connectivity index (χ2v) is 3.34. The Bertz CT molecular complexity index is 403. The van der Waals surface area contributed by atoms with Gasteiger partial charge in [0.25, 0.3) is 0 Å².